The Balaban J connectivity index is 1.47. The van der Waals surface area contributed by atoms with Gasteiger partial charge in [-0.25, -0.2) is 0 Å². The number of carbonyl (C=O) groups is 4. The largest absolute Gasteiger partial charge is 0.491 e. The van der Waals surface area contributed by atoms with Crippen LogP contribution in [0.25, 0.3) is 6.08 Å². The van der Waals surface area contributed by atoms with Crippen LogP contribution in [-0.2, 0) is 19.2 Å². The molecule has 1 heterocycles. The van der Waals surface area contributed by atoms with Crippen LogP contribution in [0, 0.1) is 17.8 Å². The van der Waals surface area contributed by atoms with Crippen molar-refractivity contribution in [3.05, 3.63) is 101 Å². The lowest BCUT2D eigenvalue weighted by molar-refractivity contribution is -0.123. The number of aliphatic hydroxyl groups excluding tert-OH is 1. The summed E-state index contributed by atoms with van der Waals surface area (Å²) in [4.78, 5) is 55.8. The summed E-state index contributed by atoms with van der Waals surface area (Å²) in [6.07, 6.45) is 5.63. The second-order valence-electron chi connectivity index (χ2n) is 10.6. The topological polar surface area (TPSA) is 101 Å². The van der Waals surface area contributed by atoms with Crippen molar-refractivity contribution in [3.8, 4) is 5.75 Å². The lowest BCUT2D eigenvalue weighted by Gasteiger charge is -2.42. The first-order chi connectivity index (χ1) is 19.3. The third kappa shape index (κ3) is 3.92. The Morgan fingerprint density at radius 1 is 1.02 bits per heavy atom. The maximum absolute atomic E-state index is 14.0. The van der Waals surface area contributed by atoms with E-state index < -0.39 is 23.7 Å². The standard InChI is InChI=1S/C33H29NO6/c1-3-19-8-10-20(11-9-19)34-32(38)23-13-12-21-24(29(23)33(34)39)17-25-26(36)16-18(2)31(37)30(25)28(21)22-6-4-5-7-27(22)40-15-14-35/h3-12,16,23-24,28-29,35H,1,13-15,17H2,2H3/t23-,24+,28+,29-/m0/s1. The quantitative estimate of drug-likeness (QED) is 0.336. The first-order valence-electron chi connectivity index (χ1n) is 13.5. The number of anilines is 1. The molecule has 2 amide bonds. The number of hydrogen-bond acceptors (Lipinski definition) is 6. The van der Waals surface area contributed by atoms with Gasteiger partial charge in [-0.05, 0) is 55.5 Å². The zero-order valence-electron chi connectivity index (χ0n) is 22.1. The van der Waals surface area contributed by atoms with Gasteiger partial charge in [0, 0.05) is 28.2 Å². The summed E-state index contributed by atoms with van der Waals surface area (Å²) in [5, 5.41) is 9.39. The minimum Gasteiger partial charge on any atom is -0.491 e. The number of allylic oxidation sites excluding steroid dienone is 6. The first-order valence-corrected chi connectivity index (χ1v) is 13.5. The lowest BCUT2D eigenvalue weighted by atomic mass is 9.59. The number of imide groups is 1. The van der Waals surface area contributed by atoms with Crippen molar-refractivity contribution in [2.45, 2.75) is 25.7 Å². The van der Waals surface area contributed by atoms with Crippen molar-refractivity contribution in [1.29, 1.82) is 0 Å². The molecule has 7 nitrogen and oxygen atoms in total. The second kappa shape index (κ2) is 9.99. The van der Waals surface area contributed by atoms with Crippen LogP contribution in [0.5, 0.6) is 5.75 Å². The van der Waals surface area contributed by atoms with E-state index in [-0.39, 0.29) is 43.0 Å². The number of Topliss-reactive ketones (excluding diaryl/α,β-unsaturated/α-hetero) is 1. The normalized spacial score (nSPS) is 25.7. The third-order valence-corrected chi connectivity index (χ3v) is 8.53. The van der Waals surface area contributed by atoms with Crippen molar-refractivity contribution in [1.82, 2.24) is 0 Å². The average molecular weight is 536 g/mol. The summed E-state index contributed by atoms with van der Waals surface area (Å²) in [5.74, 6) is -2.69. The van der Waals surface area contributed by atoms with Gasteiger partial charge in [0.05, 0.1) is 24.1 Å². The van der Waals surface area contributed by atoms with Crippen LogP contribution in [0.15, 0.2) is 89.6 Å². The number of aliphatic hydroxyl groups is 1. The highest BCUT2D eigenvalue weighted by Gasteiger charge is 2.56. The summed E-state index contributed by atoms with van der Waals surface area (Å²) >= 11 is 0. The third-order valence-electron chi connectivity index (χ3n) is 8.53. The number of hydrogen-bond donors (Lipinski definition) is 1. The zero-order chi connectivity index (χ0) is 28.1. The molecule has 0 saturated carbocycles. The molecule has 4 aliphatic rings. The Morgan fingerprint density at radius 2 is 1.77 bits per heavy atom. The van der Waals surface area contributed by atoms with E-state index in [2.05, 4.69) is 6.58 Å². The van der Waals surface area contributed by atoms with Crippen LogP contribution in [0.3, 0.4) is 0 Å². The minimum absolute atomic E-state index is 0.0706. The molecule has 1 fully saturated rings. The van der Waals surface area contributed by atoms with E-state index in [4.69, 9.17) is 4.74 Å². The number of amides is 2. The maximum Gasteiger partial charge on any atom is 0.238 e. The van der Waals surface area contributed by atoms with E-state index in [0.717, 1.165) is 11.1 Å². The van der Waals surface area contributed by atoms with Crippen molar-refractivity contribution in [2.75, 3.05) is 18.1 Å². The van der Waals surface area contributed by atoms with Crippen molar-refractivity contribution in [3.63, 3.8) is 0 Å². The van der Waals surface area contributed by atoms with Crippen LogP contribution in [0.1, 0.15) is 36.8 Å². The number of benzene rings is 2. The number of para-hydroxylation sites is 1. The predicted molar refractivity (Wildman–Crippen MR) is 149 cm³/mol. The van der Waals surface area contributed by atoms with Gasteiger partial charge in [0.25, 0.3) is 0 Å². The van der Waals surface area contributed by atoms with Crippen LogP contribution >= 0.6 is 0 Å². The molecule has 3 aliphatic carbocycles. The molecule has 2 aromatic rings. The second-order valence-corrected chi connectivity index (χ2v) is 10.6. The lowest BCUT2D eigenvalue weighted by Crippen LogP contribution is -2.40. The molecule has 6 rings (SSSR count). The molecule has 0 radical (unpaired) electrons. The molecule has 7 heteroatoms. The van der Waals surface area contributed by atoms with Gasteiger partial charge < -0.3 is 9.84 Å². The Bertz CT molecular complexity index is 1560. The summed E-state index contributed by atoms with van der Waals surface area (Å²) in [6, 6.07) is 14.4. The van der Waals surface area contributed by atoms with E-state index in [0.29, 0.717) is 40.1 Å². The Morgan fingerprint density at radius 3 is 2.50 bits per heavy atom. The summed E-state index contributed by atoms with van der Waals surface area (Å²) in [7, 11) is 0. The highest BCUT2D eigenvalue weighted by atomic mass is 16.5. The van der Waals surface area contributed by atoms with Gasteiger partial charge in [0.1, 0.15) is 12.4 Å². The smallest absolute Gasteiger partial charge is 0.238 e. The molecular weight excluding hydrogens is 506 g/mol. The number of fused-ring (bicyclic) bond motifs is 3. The first kappa shape index (κ1) is 25.9. The van der Waals surface area contributed by atoms with Crippen LogP contribution in [-0.4, -0.2) is 41.7 Å². The van der Waals surface area contributed by atoms with Crippen LogP contribution in [0.4, 0.5) is 5.69 Å². The molecule has 0 spiro atoms. The monoisotopic (exact) mass is 535 g/mol. The molecule has 202 valence electrons. The van der Waals surface area contributed by atoms with Gasteiger partial charge in [0.15, 0.2) is 11.6 Å². The van der Waals surface area contributed by atoms with Gasteiger partial charge in [-0.2, -0.15) is 0 Å². The predicted octanol–water partition coefficient (Wildman–Crippen LogP) is 4.33. The highest BCUT2D eigenvalue weighted by molar-refractivity contribution is 6.25. The fourth-order valence-corrected chi connectivity index (χ4v) is 6.74. The Kier molecular flexibility index (Phi) is 6.47. The van der Waals surface area contributed by atoms with E-state index in [1.54, 1.807) is 31.2 Å². The molecule has 40 heavy (non-hydrogen) atoms. The number of ketones is 2. The Labute approximate surface area is 232 Å². The highest BCUT2D eigenvalue weighted by Crippen LogP contribution is 2.56. The Hall–Kier alpha value is -4.36. The summed E-state index contributed by atoms with van der Waals surface area (Å²) in [6.45, 7) is 5.29. The van der Waals surface area contributed by atoms with Gasteiger partial charge in [0.2, 0.25) is 11.8 Å². The fourth-order valence-electron chi connectivity index (χ4n) is 6.74. The maximum atomic E-state index is 14.0. The molecular formula is C33H29NO6. The van der Waals surface area contributed by atoms with Crippen LogP contribution < -0.4 is 9.64 Å². The molecule has 1 N–H and O–H groups in total. The summed E-state index contributed by atoms with van der Waals surface area (Å²) < 4.78 is 5.86. The molecule has 0 unspecified atom stereocenters. The van der Waals surface area contributed by atoms with E-state index in [1.807, 2.05) is 36.4 Å². The fraction of sp³-hybridized carbons (Fsp3) is 0.273. The molecule has 1 aliphatic heterocycles. The van der Waals surface area contributed by atoms with Gasteiger partial charge >= 0.3 is 0 Å². The number of carbonyl (C=O) groups excluding carboxylic acids is 4. The number of nitrogens with zero attached hydrogens (tertiary/aromatic N) is 1. The van der Waals surface area contributed by atoms with Crippen LogP contribution in [0.2, 0.25) is 0 Å². The van der Waals surface area contributed by atoms with E-state index in [1.165, 1.54) is 11.0 Å². The number of ether oxygens (including phenoxy) is 1. The molecule has 1 saturated heterocycles. The molecule has 2 aromatic carbocycles. The zero-order valence-corrected chi connectivity index (χ0v) is 22.1. The van der Waals surface area contributed by atoms with Gasteiger partial charge in [-0.15, -0.1) is 0 Å². The minimum atomic E-state index is -0.649. The average Bonchev–Trinajstić information content (AvgIpc) is 3.23. The molecule has 0 bridgehead atoms. The van der Waals surface area contributed by atoms with Crippen molar-refractivity contribution >= 4 is 35.1 Å². The SMILES string of the molecule is C=Cc1ccc(N2C(=O)[C@H]3[C@H](CC=C4[C@H](c5ccccc5OCCO)C5=C(C[C@H]43)C(=O)C=C(C)C5=O)C2=O)cc1. The number of rotatable bonds is 6. The van der Waals surface area contributed by atoms with E-state index in [9.17, 15) is 24.3 Å². The van der Waals surface area contributed by atoms with Gasteiger partial charge in [-0.1, -0.05) is 54.6 Å². The molecule has 0 aromatic heterocycles. The summed E-state index contributed by atoms with van der Waals surface area (Å²) in [5.41, 5.74) is 4.13. The van der Waals surface area contributed by atoms with Crippen molar-refractivity contribution < 1.29 is 29.0 Å². The molecule has 4 atom stereocenters. The van der Waals surface area contributed by atoms with Gasteiger partial charge in [-0.3, -0.25) is 24.1 Å². The van der Waals surface area contributed by atoms with Crippen molar-refractivity contribution in [2.24, 2.45) is 17.8 Å². The van der Waals surface area contributed by atoms with E-state index >= 15 is 0 Å².